The standard InChI is InChI=1S/C3H7NO2.C2H5I/c1-2(4)3(5)6;1-2-3/h2H,4H2,1H3,(H,5,6);2H2,1H3. The Morgan fingerprint density at radius 3 is 2.00 bits per heavy atom. The number of hydrogen-bond acceptors (Lipinski definition) is 2. The first-order valence-corrected chi connectivity index (χ1v) is 4.13. The Labute approximate surface area is 68.8 Å². The first kappa shape index (κ1) is 11.9. The molecule has 0 aromatic heterocycles. The summed E-state index contributed by atoms with van der Waals surface area (Å²) in [6, 6.07) is -0.731. The average Bonchev–Trinajstić information content (AvgIpc) is 1.68. The van der Waals surface area contributed by atoms with Crippen LogP contribution in [-0.4, -0.2) is 21.5 Å². The van der Waals surface area contributed by atoms with E-state index in [0.717, 1.165) is 0 Å². The van der Waals surface area contributed by atoms with Crippen LogP contribution < -0.4 is 5.73 Å². The molecule has 1 atom stereocenters. The lowest BCUT2D eigenvalue weighted by atomic mass is 10.4. The van der Waals surface area contributed by atoms with Crippen LogP contribution in [0.25, 0.3) is 0 Å². The van der Waals surface area contributed by atoms with Crippen molar-refractivity contribution in [1.82, 2.24) is 0 Å². The van der Waals surface area contributed by atoms with Crippen molar-refractivity contribution in [3.63, 3.8) is 0 Å². The van der Waals surface area contributed by atoms with E-state index in [1.54, 1.807) is 0 Å². The molecule has 0 rings (SSSR count). The molecule has 3 N–H and O–H groups in total. The molecule has 0 spiro atoms. The minimum atomic E-state index is -0.963. The van der Waals surface area contributed by atoms with Gasteiger partial charge in [-0.15, -0.1) is 0 Å². The van der Waals surface area contributed by atoms with Gasteiger partial charge in [0, 0.05) is 0 Å². The van der Waals surface area contributed by atoms with Crippen LogP contribution in [0.15, 0.2) is 0 Å². The van der Waals surface area contributed by atoms with Crippen LogP contribution in [0.2, 0.25) is 0 Å². The van der Waals surface area contributed by atoms with Crippen molar-refractivity contribution in [3.05, 3.63) is 0 Å². The Balaban J connectivity index is 0. The van der Waals surface area contributed by atoms with Gasteiger partial charge in [0.05, 0.1) is 0 Å². The summed E-state index contributed by atoms with van der Waals surface area (Å²) in [4.78, 5) is 9.57. The van der Waals surface area contributed by atoms with Crippen LogP contribution in [0.4, 0.5) is 0 Å². The number of alkyl halides is 1. The minimum Gasteiger partial charge on any atom is -0.480 e. The summed E-state index contributed by atoms with van der Waals surface area (Å²) in [5.41, 5.74) is 4.84. The molecule has 0 aliphatic heterocycles. The molecule has 0 fully saturated rings. The zero-order valence-corrected chi connectivity index (χ0v) is 7.75. The van der Waals surface area contributed by atoms with Crippen LogP contribution in [0.1, 0.15) is 13.8 Å². The highest BCUT2D eigenvalue weighted by Gasteiger charge is 1.99. The Kier molecular flexibility index (Phi) is 10.8. The number of rotatable bonds is 1. The average molecular weight is 245 g/mol. The van der Waals surface area contributed by atoms with Crippen molar-refractivity contribution in [3.8, 4) is 0 Å². The third kappa shape index (κ3) is 17.9. The van der Waals surface area contributed by atoms with Gasteiger partial charge in [-0.3, -0.25) is 4.79 Å². The number of carbonyl (C=O) groups is 1. The Bertz CT molecular complexity index is 75.4. The van der Waals surface area contributed by atoms with Crippen molar-refractivity contribution in [1.29, 1.82) is 0 Å². The third-order valence-corrected chi connectivity index (χ3v) is 0.390. The SMILES string of the molecule is CC(N)C(=O)O.CCI. The predicted octanol–water partition coefficient (Wildman–Crippen LogP) is 0.860. The van der Waals surface area contributed by atoms with Gasteiger partial charge in [0.2, 0.25) is 0 Å². The fourth-order valence-electron chi connectivity index (χ4n) is 0. The molecule has 0 saturated heterocycles. The van der Waals surface area contributed by atoms with E-state index >= 15 is 0 Å². The van der Waals surface area contributed by atoms with E-state index in [4.69, 9.17) is 10.8 Å². The lowest BCUT2D eigenvalue weighted by Crippen LogP contribution is -2.25. The van der Waals surface area contributed by atoms with Crippen LogP contribution >= 0.6 is 22.6 Å². The van der Waals surface area contributed by atoms with E-state index in [1.807, 2.05) is 0 Å². The molecule has 9 heavy (non-hydrogen) atoms. The molecule has 0 aliphatic carbocycles. The van der Waals surface area contributed by atoms with Crippen LogP contribution in [0, 0.1) is 0 Å². The largest absolute Gasteiger partial charge is 0.480 e. The van der Waals surface area contributed by atoms with E-state index in [0.29, 0.717) is 0 Å². The van der Waals surface area contributed by atoms with Gasteiger partial charge in [-0.1, -0.05) is 29.5 Å². The predicted molar refractivity (Wildman–Crippen MR) is 45.8 cm³/mol. The molecule has 0 aromatic carbocycles. The topological polar surface area (TPSA) is 63.3 Å². The summed E-state index contributed by atoms with van der Waals surface area (Å²) in [6.45, 7) is 3.53. The molecule has 0 aliphatic rings. The molecule has 0 heterocycles. The maximum absolute atomic E-state index is 9.57. The highest BCUT2D eigenvalue weighted by atomic mass is 127. The van der Waals surface area contributed by atoms with Crippen LogP contribution in [0.3, 0.4) is 0 Å². The molecule has 0 saturated carbocycles. The van der Waals surface area contributed by atoms with Gasteiger partial charge < -0.3 is 10.8 Å². The zero-order chi connectivity index (χ0) is 7.86. The Hall–Kier alpha value is 0.160. The quantitative estimate of drug-likeness (QED) is 0.532. The normalized spacial score (nSPS) is 11.1. The summed E-state index contributed by atoms with van der Waals surface area (Å²) >= 11 is 2.29. The number of carboxylic acids is 1. The van der Waals surface area contributed by atoms with Crippen molar-refractivity contribution in [2.24, 2.45) is 5.73 Å². The van der Waals surface area contributed by atoms with E-state index in [9.17, 15) is 4.79 Å². The van der Waals surface area contributed by atoms with Gasteiger partial charge in [-0.2, -0.15) is 0 Å². The van der Waals surface area contributed by atoms with Crippen molar-refractivity contribution >= 4 is 28.6 Å². The summed E-state index contributed by atoms with van der Waals surface area (Å²) in [6.07, 6.45) is 0. The number of carboxylic acid groups (broad SMARTS) is 1. The summed E-state index contributed by atoms with van der Waals surface area (Å²) in [5.74, 6) is -0.963. The Morgan fingerprint density at radius 2 is 2.00 bits per heavy atom. The number of hydrogen-bond donors (Lipinski definition) is 2. The second-order valence-electron chi connectivity index (χ2n) is 1.39. The molecule has 4 heteroatoms. The molecule has 1 unspecified atom stereocenters. The smallest absolute Gasteiger partial charge is 0.320 e. The van der Waals surface area contributed by atoms with Gasteiger partial charge >= 0.3 is 5.97 Å². The number of halogens is 1. The molecular formula is C5H12INO2. The van der Waals surface area contributed by atoms with E-state index in [2.05, 4.69) is 29.5 Å². The van der Waals surface area contributed by atoms with Gasteiger partial charge in [0.25, 0.3) is 0 Å². The fraction of sp³-hybridized carbons (Fsp3) is 0.800. The lowest BCUT2D eigenvalue weighted by Gasteiger charge is -1.90. The molecule has 0 aromatic rings. The van der Waals surface area contributed by atoms with E-state index in [-0.39, 0.29) is 0 Å². The highest BCUT2D eigenvalue weighted by Crippen LogP contribution is 1.69. The molecule has 0 radical (unpaired) electrons. The van der Waals surface area contributed by atoms with Crippen LogP contribution in [-0.2, 0) is 4.79 Å². The van der Waals surface area contributed by atoms with Crippen molar-refractivity contribution in [2.75, 3.05) is 4.43 Å². The van der Waals surface area contributed by atoms with Crippen molar-refractivity contribution < 1.29 is 9.90 Å². The number of aliphatic carboxylic acids is 1. The molecule has 0 amide bonds. The number of nitrogens with two attached hydrogens (primary N) is 1. The Morgan fingerprint density at radius 1 is 1.89 bits per heavy atom. The summed E-state index contributed by atoms with van der Waals surface area (Å²) in [5, 5.41) is 7.87. The summed E-state index contributed by atoms with van der Waals surface area (Å²) in [7, 11) is 0. The fourth-order valence-corrected chi connectivity index (χ4v) is 0. The van der Waals surface area contributed by atoms with Crippen molar-refractivity contribution in [2.45, 2.75) is 19.9 Å². The van der Waals surface area contributed by atoms with Gasteiger partial charge in [-0.05, 0) is 11.4 Å². The van der Waals surface area contributed by atoms with E-state index < -0.39 is 12.0 Å². The first-order chi connectivity index (χ1) is 4.06. The second kappa shape index (κ2) is 8.16. The highest BCUT2D eigenvalue weighted by molar-refractivity contribution is 14.1. The monoisotopic (exact) mass is 245 g/mol. The van der Waals surface area contributed by atoms with Gasteiger partial charge in [0.15, 0.2) is 0 Å². The molecular weight excluding hydrogens is 233 g/mol. The maximum Gasteiger partial charge on any atom is 0.320 e. The maximum atomic E-state index is 9.57. The second-order valence-corrected chi connectivity index (χ2v) is 2.92. The van der Waals surface area contributed by atoms with Gasteiger partial charge in [0.1, 0.15) is 6.04 Å². The molecule has 3 nitrogen and oxygen atoms in total. The molecule has 56 valence electrons. The summed E-state index contributed by atoms with van der Waals surface area (Å²) < 4.78 is 1.22. The lowest BCUT2D eigenvalue weighted by molar-refractivity contribution is -0.138. The van der Waals surface area contributed by atoms with E-state index in [1.165, 1.54) is 11.4 Å². The zero-order valence-electron chi connectivity index (χ0n) is 5.60. The molecule has 0 bridgehead atoms. The third-order valence-electron chi connectivity index (χ3n) is 0.390. The van der Waals surface area contributed by atoms with Gasteiger partial charge in [-0.25, -0.2) is 0 Å². The van der Waals surface area contributed by atoms with Crippen LogP contribution in [0.5, 0.6) is 0 Å². The minimum absolute atomic E-state index is 0.731. The first-order valence-electron chi connectivity index (χ1n) is 2.60.